The lowest BCUT2D eigenvalue weighted by atomic mass is 10.2. The van der Waals surface area contributed by atoms with Gasteiger partial charge in [-0.3, -0.25) is 0 Å². The SMILES string of the molecule is O=C(O)Oc1ccccc1Nc1ccccc1OC(=O)O. The molecule has 0 saturated carbocycles. The number of benzene rings is 2. The summed E-state index contributed by atoms with van der Waals surface area (Å²) >= 11 is 0. The summed E-state index contributed by atoms with van der Waals surface area (Å²) in [5, 5.41) is 20.2. The second-order valence-electron chi connectivity index (χ2n) is 3.85. The molecule has 2 rings (SSSR count). The number of ether oxygens (including phenoxy) is 2. The quantitative estimate of drug-likeness (QED) is 0.584. The Balaban J connectivity index is 2.30. The van der Waals surface area contributed by atoms with Crippen LogP contribution in [0, 0.1) is 0 Å². The van der Waals surface area contributed by atoms with E-state index in [1.165, 1.54) is 12.1 Å². The smallest absolute Gasteiger partial charge is 0.449 e. The van der Waals surface area contributed by atoms with Gasteiger partial charge in [0, 0.05) is 0 Å². The van der Waals surface area contributed by atoms with Crippen molar-refractivity contribution in [2.24, 2.45) is 0 Å². The maximum absolute atomic E-state index is 10.6. The van der Waals surface area contributed by atoms with Gasteiger partial charge in [0.05, 0.1) is 11.4 Å². The van der Waals surface area contributed by atoms with Crippen molar-refractivity contribution < 1.29 is 29.3 Å². The molecule has 0 amide bonds. The maximum Gasteiger partial charge on any atom is 0.511 e. The summed E-state index contributed by atoms with van der Waals surface area (Å²) in [6.45, 7) is 0. The van der Waals surface area contributed by atoms with Crippen LogP contribution in [-0.4, -0.2) is 22.5 Å². The van der Waals surface area contributed by atoms with Crippen LogP contribution in [0.15, 0.2) is 48.5 Å². The van der Waals surface area contributed by atoms with Crippen molar-refractivity contribution in [1.82, 2.24) is 0 Å². The number of hydrogen-bond donors (Lipinski definition) is 3. The van der Waals surface area contributed by atoms with Gasteiger partial charge in [-0.2, -0.15) is 0 Å². The number of nitrogens with one attached hydrogen (secondary N) is 1. The monoisotopic (exact) mass is 289 g/mol. The summed E-state index contributed by atoms with van der Waals surface area (Å²) in [7, 11) is 0. The highest BCUT2D eigenvalue weighted by atomic mass is 16.7. The summed E-state index contributed by atoms with van der Waals surface area (Å²) in [4.78, 5) is 21.3. The fraction of sp³-hybridized carbons (Fsp3) is 0. The highest BCUT2D eigenvalue weighted by Gasteiger charge is 2.11. The fourth-order valence-electron chi connectivity index (χ4n) is 1.65. The van der Waals surface area contributed by atoms with Crippen LogP contribution in [0.5, 0.6) is 11.5 Å². The van der Waals surface area contributed by atoms with E-state index in [9.17, 15) is 9.59 Å². The molecule has 0 radical (unpaired) electrons. The first kappa shape index (κ1) is 14.2. The fourth-order valence-corrected chi connectivity index (χ4v) is 1.65. The van der Waals surface area contributed by atoms with Gasteiger partial charge in [0.15, 0.2) is 11.5 Å². The number of carbonyl (C=O) groups is 2. The van der Waals surface area contributed by atoms with Gasteiger partial charge in [-0.25, -0.2) is 9.59 Å². The van der Waals surface area contributed by atoms with Crippen LogP contribution < -0.4 is 14.8 Å². The average molecular weight is 289 g/mol. The molecule has 21 heavy (non-hydrogen) atoms. The molecule has 0 aliphatic heterocycles. The predicted molar refractivity (Wildman–Crippen MR) is 73.5 cm³/mol. The van der Waals surface area contributed by atoms with Crippen LogP contribution in [0.4, 0.5) is 21.0 Å². The Labute approximate surface area is 119 Å². The van der Waals surface area contributed by atoms with Crippen molar-refractivity contribution in [3.8, 4) is 11.5 Å². The molecule has 2 aromatic carbocycles. The van der Waals surface area contributed by atoms with E-state index in [4.69, 9.17) is 10.2 Å². The highest BCUT2D eigenvalue weighted by molar-refractivity contribution is 5.75. The molecule has 108 valence electrons. The third-order valence-corrected chi connectivity index (χ3v) is 2.44. The minimum absolute atomic E-state index is 0.0927. The number of para-hydroxylation sites is 4. The number of anilines is 2. The Morgan fingerprint density at radius 1 is 0.762 bits per heavy atom. The molecule has 0 saturated heterocycles. The second kappa shape index (κ2) is 6.29. The minimum Gasteiger partial charge on any atom is -0.449 e. The van der Waals surface area contributed by atoms with E-state index in [0.717, 1.165) is 0 Å². The Morgan fingerprint density at radius 3 is 1.52 bits per heavy atom. The van der Waals surface area contributed by atoms with E-state index in [-0.39, 0.29) is 11.5 Å². The summed E-state index contributed by atoms with van der Waals surface area (Å²) in [6, 6.07) is 12.7. The van der Waals surface area contributed by atoms with Gasteiger partial charge in [-0.1, -0.05) is 24.3 Å². The zero-order valence-electron chi connectivity index (χ0n) is 10.6. The summed E-state index contributed by atoms with van der Waals surface area (Å²) in [5.41, 5.74) is 0.725. The van der Waals surface area contributed by atoms with Crippen LogP contribution in [0.3, 0.4) is 0 Å². The average Bonchev–Trinajstić information content (AvgIpc) is 2.42. The summed E-state index contributed by atoms with van der Waals surface area (Å²) in [6.07, 6.45) is -2.89. The molecule has 7 nitrogen and oxygen atoms in total. The van der Waals surface area contributed by atoms with Crippen molar-refractivity contribution in [2.45, 2.75) is 0 Å². The molecule has 7 heteroatoms. The van der Waals surface area contributed by atoms with Crippen molar-refractivity contribution in [3.63, 3.8) is 0 Å². The highest BCUT2D eigenvalue weighted by Crippen LogP contribution is 2.32. The van der Waals surface area contributed by atoms with E-state index in [1.807, 2.05) is 0 Å². The molecule has 0 aliphatic rings. The summed E-state index contributed by atoms with van der Waals surface area (Å²) < 4.78 is 9.27. The van der Waals surface area contributed by atoms with Gasteiger partial charge in [-0.15, -0.1) is 0 Å². The molecule has 0 aliphatic carbocycles. The Morgan fingerprint density at radius 2 is 1.14 bits per heavy atom. The Hall–Kier alpha value is -3.22. The largest absolute Gasteiger partial charge is 0.511 e. The molecule has 3 N–H and O–H groups in total. The van der Waals surface area contributed by atoms with Crippen molar-refractivity contribution in [1.29, 1.82) is 0 Å². The zero-order chi connectivity index (χ0) is 15.2. The third kappa shape index (κ3) is 3.87. The van der Waals surface area contributed by atoms with Gasteiger partial charge < -0.3 is 25.0 Å². The molecular weight excluding hydrogens is 278 g/mol. The maximum atomic E-state index is 10.6. The number of carboxylic acid groups (broad SMARTS) is 2. The minimum atomic E-state index is -1.45. The van der Waals surface area contributed by atoms with E-state index in [2.05, 4.69) is 14.8 Å². The van der Waals surface area contributed by atoms with Gasteiger partial charge >= 0.3 is 12.3 Å². The van der Waals surface area contributed by atoms with Crippen LogP contribution >= 0.6 is 0 Å². The summed E-state index contributed by atoms with van der Waals surface area (Å²) in [5.74, 6) is 0.185. The van der Waals surface area contributed by atoms with Crippen LogP contribution in [0.25, 0.3) is 0 Å². The molecule has 0 unspecified atom stereocenters. The lowest BCUT2D eigenvalue weighted by Gasteiger charge is -2.13. The van der Waals surface area contributed by atoms with E-state index >= 15 is 0 Å². The van der Waals surface area contributed by atoms with Gasteiger partial charge in [-0.05, 0) is 24.3 Å². The molecule has 0 fully saturated rings. The number of hydrogen-bond acceptors (Lipinski definition) is 5. The lowest BCUT2D eigenvalue weighted by molar-refractivity contribution is 0.143. The van der Waals surface area contributed by atoms with Crippen LogP contribution in [0.2, 0.25) is 0 Å². The van der Waals surface area contributed by atoms with Crippen LogP contribution in [-0.2, 0) is 0 Å². The second-order valence-corrected chi connectivity index (χ2v) is 3.85. The van der Waals surface area contributed by atoms with E-state index < -0.39 is 12.3 Å². The molecular formula is C14H11NO6. The van der Waals surface area contributed by atoms with Crippen molar-refractivity contribution in [2.75, 3.05) is 5.32 Å². The van der Waals surface area contributed by atoms with Crippen molar-refractivity contribution in [3.05, 3.63) is 48.5 Å². The Kier molecular flexibility index (Phi) is 4.25. The number of rotatable bonds is 4. The predicted octanol–water partition coefficient (Wildman–Crippen LogP) is 3.54. The van der Waals surface area contributed by atoms with E-state index in [0.29, 0.717) is 11.4 Å². The first-order valence-electron chi connectivity index (χ1n) is 5.83. The molecule has 0 aromatic heterocycles. The normalized spacial score (nSPS) is 9.71. The lowest BCUT2D eigenvalue weighted by Crippen LogP contribution is -2.07. The van der Waals surface area contributed by atoms with Gasteiger partial charge in [0.25, 0.3) is 0 Å². The molecule has 0 spiro atoms. The first-order valence-corrected chi connectivity index (χ1v) is 5.83. The standard InChI is InChI=1S/C14H11NO6/c16-13(17)20-11-7-3-1-5-9(11)15-10-6-2-4-8-12(10)21-14(18)19/h1-8,15H,(H,16,17)(H,18,19). The first-order chi connectivity index (χ1) is 10.1. The van der Waals surface area contributed by atoms with E-state index in [1.54, 1.807) is 36.4 Å². The molecule has 0 bridgehead atoms. The van der Waals surface area contributed by atoms with Gasteiger partial charge in [0.1, 0.15) is 0 Å². The van der Waals surface area contributed by atoms with Crippen LogP contribution in [0.1, 0.15) is 0 Å². The molecule has 2 aromatic rings. The topological polar surface area (TPSA) is 105 Å². The molecule has 0 heterocycles. The molecule has 0 atom stereocenters. The third-order valence-electron chi connectivity index (χ3n) is 2.44. The van der Waals surface area contributed by atoms with Crippen molar-refractivity contribution >= 4 is 23.7 Å². The van der Waals surface area contributed by atoms with Gasteiger partial charge in [0.2, 0.25) is 0 Å². The Bertz CT molecular complexity index is 613. The zero-order valence-corrected chi connectivity index (χ0v) is 10.6.